The topological polar surface area (TPSA) is 61.5 Å². The number of aromatic amines is 1. The van der Waals surface area contributed by atoms with Gasteiger partial charge in [-0.1, -0.05) is 48.5 Å². The van der Waals surface area contributed by atoms with Crippen LogP contribution in [-0.4, -0.2) is 65.8 Å². The average Bonchev–Trinajstić information content (AvgIpc) is 3.11. The van der Waals surface area contributed by atoms with E-state index in [1.54, 1.807) is 0 Å². The highest BCUT2D eigenvalue weighted by Gasteiger charge is 2.38. The molecule has 1 fully saturated rings. The first kappa shape index (κ1) is 17.7. The third-order valence-corrected chi connectivity index (χ3v) is 4.97. The lowest BCUT2D eigenvalue weighted by atomic mass is 9.97. The Labute approximate surface area is 158 Å². The summed E-state index contributed by atoms with van der Waals surface area (Å²) in [5.41, 5.74) is 2.42. The van der Waals surface area contributed by atoms with E-state index in [1.807, 2.05) is 61.5 Å². The van der Waals surface area contributed by atoms with Gasteiger partial charge in [-0.2, -0.15) is 5.10 Å². The Morgan fingerprint density at radius 3 is 2.70 bits per heavy atom. The van der Waals surface area contributed by atoms with Gasteiger partial charge in [-0.05, 0) is 25.7 Å². The predicted octanol–water partition coefficient (Wildman–Crippen LogP) is 2.71. The summed E-state index contributed by atoms with van der Waals surface area (Å²) in [5.74, 6) is -0.0617. The van der Waals surface area contributed by atoms with Gasteiger partial charge in [0.1, 0.15) is 0 Å². The van der Waals surface area contributed by atoms with Crippen LogP contribution in [0.25, 0.3) is 10.9 Å². The minimum atomic E-state index is -0.148. The fourth-order valence-electron chi connectivity index (χ4n) is 3.78. The molecule has 3 aromatic rings. The summed E-state index contributed by atoms with van der Waals surface area (Å²) in [6, 6.07) is 17.7. The van der Waals surface area contributed by atoms with Gasteiger partial charge in [0, 0.05) is 18.5 Å². The van der Waals surface area contributed by atoms with E-state index in [-0.39, 0.29) is 18.1 Å². The quantitative estimate of drug-likeness (QED) is 0.773. The zero-order valence-corrected chi connectivity index (χ0v) is 15.6. The lowest BCUT2D eigenvalue weighted by Gasteiger charge is -2.42. The van der Waals surface area contributed by atoms with Crippen LogP contribution in [0.5, 0.6) is 0 Å². The molecule has 140 valence electrons. The lowest BCUT2D eigenvalue weighted by molar-refractivity contribution is -0.0685. The average molecular weight is 364 g/mol. The van der Waals surface area contributed by atoms with Crippen molar-refractivity contribution in [3.63, 3.8) is 0 Å². The van der Waals surface area contributed by atoms with Crippen LogP contribution in [0.1, 0.15) is 22.1 Å². The fourth-order valence-corrected chi connectivity index (χ4v) is 3.78. The summed E-state index contributed by atoms with van der Waals surface area (Å²) in [6.07, 6.45) is -0.0923. The van der Waals surface area contributed by atoms with Gasteiger partial charge in [-0.3, -0.25) is 9.89 Å². The first-order valence-corrected chi connectivity index (χ1v) is 9.20. The second kappa shape index (κ2) is 7.50. The van der Waals surface area contributed by atoms with E-state index in [2.05, 4.69) is 27.2 Å². The number of aromatic nitrogens is 2. The molecular weight excluding hydrogens is 340 g/mol. The second-order valence-corrected chi connectivity index (χ2v) is 7.14. The normalized spacial score (nSPS) is 20.3. The number of nitrogens with zero attached hydrogens (tertiary/aromatic N) is 3. The van der Waals surface area contributed by atoms with Gasteiger partial charge in [-0.15, -0.1) is 0 Å². The molecule has 1 aromatic heterocycles. The van der Waals surface area contributed by atoms with Crippen molar-refractivity contribution in [3.8, 4) is 0 Å². The predicted molar refractivity (Wildman–Crippen MR) is 105 cm³/mol. The summed E-state index contributed by atoms with van der Waals surface area (Å²) in [6.45, 7) is 1.81. The maximum atomic E-state index is 13.5. The molecule has 0 saturated carbocycles. The number of carbonyl (C=O) groups excluding carboxylic acids is 1. The summed E-state index contributed by atoms with van der Waals surface area (Å²) in [7, 11) is 4.04. The Morgan fingerprint density at radius 2 is 1.93 bits per heavy atom. The fraction of sp³-hybridized carbons (Fsp3) is 0.333. The lowest BCUT2D eigenvalue weighted by Crippen LogP contribution is -2.51. The van der Waals surface area contributed by atoms with Crippen molar-refractivity contribution in [1.82, 2.24) is 20.0 Å². The summed E-state index contributed by atoms with van der Waals surface area (Å²) in [5, 5.41) is 8.14. The van der Waals surface area contributed by atoms with Gasteiger partial charge in [0.25, 0.3) is 5.91 Å². The van der Waals surface area contributed by atoms with Crippen molar-refractivity contribution < 1.29 is 9.53 Å². The molecule has 1 N–H and O–H groups in total. The molecule has 4 rings (SSSR count). The second-order valence-electron chi connectivity index (χ2n) is 7.14. The number of ether oxygens (including phenoxy) is 1. The van der Waals surface area contributed by atoms with Gasteiger partial charge < -0.3 is 14.5 Å². The van der Waals surface area contributed by atoms with Crippen molar-refractivity contribution in [1.29, 1.82) is 0 Å². The minimum Gasteiger partial charge on any atom is -0.373 e. The number of carbonyl (C=O) groups is 1. The van der Waals surface area contributed by atoms with Crippen molar-refractivity contribution in [3.05, 3.63) is 65.9 Å². The number of amides is 1. The zero-order chi connectivity index (χ0) is 18.8. The number of hydrogen-bond donors (Lipinski definition) is 1. The van der Waals surface area contributed by atoms with Gasteiger partial charge in [0.2, 0.25) is 0 Å². The number of fused-ring (bicyclic) bond motifs is 1. The molecule has 2 atom stereocenters. The molecule has 0 spiro atoms. The molecule has 1 aliphatic heterocycles. The van der Waals surface area contributed by atoms with Crippen molar-refractivity contribution >= 4 is 16.8 Å². The van der Waals surface area contributed by atoms with Crippen molar-refractivity contribution in [2.45, 2.75) is 12.1 Å². The molecule has 1 amide bonds. The number of hydrogen-bond acceptors (Lipinski definition) is 4. The van der Waals surface area contributed by atoms with Crippen molar-refractivity contribution in [2.24, 2.45) is 0 Å². The van der Waals surface area contributed by atoms with E-state index in [0.29, 0.717) is 18.8 Å². The molecule has 2 aromatic carbocycles. The van der Waals surface area contributed by atoms with Gasteiger partial charge in [0.05, 0.1) is 24.3 Å². The van der Waals surface area contributed by atoms with E-state index < -0.39 is 0 Å². The van der Waals surface area contributed by atoms with E-state index in [4.69, 9.17) is 4.74 Å². The molecule has 2 heterocycles. The highest BCUT2D eigenvalue weighted by molar-refractivity contribution is 6.04. The van der Waals surface area contributed by atoms with E-state index in [9.17, 15) is 4.79 Å². The Balaban J connectivity index is 1.73. The summed E-state index contributed by atoms with van der Waals surface area (Å²) < 4.78 is 6.08. The number of rotatable bonds is 4. The van der Waals surface area contributed by atoms with Gasteiger partial charge in [0.15, 0.2) is 5.69 Å². The van der Waals surface area contributed by atoms with Crippen LogP contribution in [-0.2, 0) is 4.74 Å². The molecule has 0 bridgehead atoms. The first-order chi connectivity index (χ1) is 13.1. The highest BCUT2D eigenvalue weighted by atomic mass is 16.5. The third-order valence-electron chi connectivity index (χ3n) is 4.97. The van der Waals surface area contributed by atoms with Crippen LogP contribution >= 0.6 is 0 Å². The Bertz CT molecular complexity index is 922. The summed E-state index contributed by atoms with van der Waals surface area (Å²) >= 11 is 0. The van der Waals surface area contributed by atoms with E-state index in [0.717, 1.165) is 23.0 Å². The maximum absolute atomic E-state index is 13.5. The highest BCUT2D eigenvalue weighted by Crippen LogP contribution is 2.32. The van der Waals surface area contributed by atoms with E-state index in [1.165, 1.54) is 0 Å². The van der Waals surface area contributed by atoms with Crippen LogP contribution in [0, 0.1) is 0 Å². The molecule has 1 saturated heterocycles. The number of morpholine rings is 1. The number of H-pyrrole nitrogens is 1. The standard InChI is InChI=1S/C21H24N4O2/c1-24(2)14-18-20(15-8-4-3-5-9-15)25(12-13-27-18)21(26)19-16-10-6-7-11-17(16)22-23-19/h3-11,18,20H,12-14H2,1-2H3,(H,22,23)/t18-,20-/m0/s1. The maximum Gasteiger partial charge on any atom is 0.275 e. The monoisotopic (exact) mass is 364 g/mol. The van der Waals surface area contributed by atoms with Crippen molar-refractivity contribution in [2.75, 3.05) is 33.8 Å². The number of para-hydroxylation sites is 1. The smallest absolute Gasteiger partial charge is 0.275 e. The zero-order valence-electron chi connectivity index (χ0n) is 15.6. The number of likely N-dealkylation sites (N-methyl/N-ethyl adjacent to an activating group) is 1. The SMILES string of the molecule is CN(C)C[C@@H]1OCCN(C(=O)c2n[nH]c3ccccc23)[C@H]1c1ccccc1. The van der Waals surface area contributed by atoms with E-state index >= 15 is 0 Å². The summed E-state index contributed by atoms with van der Waals surface area (Å²) in [4.78, 5) is 17.5. The van der Waals surface area contributed by atoms with Crippen LogP contribution in [0.15, 0.2) is 54.6 Å². The number of benzene rings is 2. The van der Waals surface area contributed by atoms with Crippen LogP contribution < -0.4 is 0 Å². The first-order valence-electron chi connectivity index (χ1n) is 9.20. The molecule has 27 heavy (non-hydrogen) atoms. The third kappa shape index (κ3) is 3.46. The van der Waals surface area contributed by atoms with Gasteiger partial charge in [-0.25, -0.2) is 0 Å². The number of nitrogens with one attached hydrogen (secondary N) is 1. The molecular formula is C21H24N4O2. The molecule has 6 nitrogen and oxygen atoms in total. The van der Waals surface area contributed by atoms with Gasteiger partial charge >= 0.3 is 0 Å². The Hall–Kier alpha value is -2.70. The molecule has 6 heteroatoms. The Kier molecular flexibility index (Phi) is 4.92. The van der Waals surface area contributed by atoms with Crippen LogP contribution in [0.2, 0.25) is 0 Å². The molecule has 0 radical (unpaired) electrons. The van der Waals surface area contributed by atoms with Crippen LogP contribution in [0.4, 0.5) is 0 Å². The largest absolute Gasteiger partial charge is 0.373 e. The van der Waals surface area contributed by atoms with Crippen LogP contribution in [0.3, 0.4) is 0 Å². The molecule has 1 aliphatic rings. The molecule has 0 aliphatic carbocycles. The minimum absolute atomic E-state index is 0.0617. The molecule has 0 unspecified atom stereocenters. The Morgan fingerprint density at radius 1 is 1.19 bits per heavy atom.